The number of likely N-dealkylation sites (tertiary alicyclic amines) is 1. The Kier molecular flexibility index (Phi) is 5.20. The number of nitrogens with zero attached hydrogens (tertiary/aromatic N) is 2. The highest BCUT2D eigenvalue weighted by molar-refractivity contribution is 6.05. The minimum atomic E-state index is -1.67. The molecule has 1 aliphatic rings. The number of carbonyl (C=O) groups excluding carboxylic acids is 2. The van der Waals surface area contributed by atoms with Crippen LogP contribution in [0.15, 0.2) is 30.5 Å². The lowest BCUT2D eigenvalue weighted by Crippen LogP contribution is -2.36. The molecule has 0 aliphatic carbocycles. The minimum absolute atomic E-state index is 0.0597. The lowest BCUT2D eigenvalue weighted by molar-refractivity contribution is 0.0718. The number of hydrogen-bond acceptors (Lipinski definition) is 3. The van der Waals surface area contributed by atoms with Gasteiger partial charge in [0.15, 0.2) is 17.5 Å². The molecule has 1 fully saturated rings. The molecule has 2 aromatic rings. The summed E-state index contributed by atoms with van der Waals surface area (Å²) in [5, 5.41) is 2.17. The number of nitrogens with one attached hydrogen (secondary N) is 1. The van der Waals surface area contributed by atoms with Crippen LogP contribution < -0.4 is 5.32 Å². The molecule has 26 heavy (non-hydrogen) atoms. The fraction of sp³-hybridized carbons (Fsp3) is 0.278. The van der Waals surface area contributed by atoms with Crippen molar-refractivity contribution >= 4 is 17.5 Å². The van der Waals surface area contributed by atoms with Crippen LogP contribution in [-0.2, 0) is 0 Å². The topological polar surface area (TPSA) is 62.3 Å². The molecule has 3 rings (SSSR count). The number of piperidine rings is 1. The van der Waals surface area contributed by atoms with Crippen molar-refractivity contribution in [1.29, 1.82) is 0 Å². The smallest absolute Gasteiger partial charge is 0.272 e. The average Bonchev–Trinajstić information content (AvgIpc) is 2.68. The number of hydrogen-bond donors (Lipinski definition) is 1. The van der Waals surface area contributed by atoms with Gasteiger partial charge in [-0.1, -0.05) is 0 Å². The minimum Gasteiger partial charge on any atom is -0.337 e. The molecule has 0 atom stereocenters. The average molecular weight is 363 g/mol. The van der Waals surface area contributed by atoms with Gasteiger partial charge in [-0.2, -0.15) is 0 Å². The monoisotopic (exact) mass is 363 g/mol. The van der Waals surface area contributed by atoms with E-state index in [1.165, 1.54) is 18.3 Å². The van der Waals surface area contributed by atoms with Crippen molar-refractivity contribution < 1.29 is 22.8 Å². The molecule has 8 heteroatoms. The highest BCUT2D eigenvalue weighted by atomic mass is 19.2. The first-order valence-corrected chi connectivity index (χ1v) is 8.17. The van der Waals surface area contributed by atoms with Gasteiger partial charge in [-0.05, 0) is 43.5 Å². The third-order valence-electron chi connectivity index (χ3n) is 4.17. The highest BCUT2D eigenvalue weighted by Crippen LogP contribution is 2.20. The Morgan fingerprint density at radius 1 is 1.00 bits per heavy atom. The summed E-state index contributed by atoms with van der Waals surface area (Å²) in [7, 11) is 0. The molecule has 0 radical (unpaired) electrons. The Bertz CT molecular complexity index is 852. The SMILES string of the molecule is O=C(Nc1ccc(F)c(F)c1F)c1ccnc(C(=O)N2CCCCC2)c1. The van der Waals surface area contributed by atoms with E-state index < -0.39 is 29.0 Å². The van der Waals surface area contributed by atoms with Gasteiger partial charge in [0.25, 0.3) is 11.8 Å². The number of halogens is 3. The van der Waals surface area contributed by atoms with Gasteiger partial charge in [-0.3, -0.25) is 14.6 Å². The molecule has 1 aromatic carbocycles. The standard InChI is InChI=1S/C18H16F3N3O2/c19-12-4-5-13(16(21)15(12)20)23-17(25)11-6-7-22-14(10-11)18(26)24-8-2-1-3-9-24/h4-7,10H,1-3,8-9H2,(H,23,25). The molecule has 1 N–H and O–H groups in total. The van der Waals surface area contributed by atoms with Crippen LogP contribution in [0.5, 0.6) is 0 Å². The molecular weight excluding hydrogens is 347 g/mol. The van der Waals surface area contributed by atoms with Gasteiger partial charge in [-0.15, -0.1) is 0 Å². The summed E-state index contributed by atoms with van der Waals surface area (Å²) < 4.78 is 39.9. The maximum atomic E-state index is 13.7. The summed E-state index contributed by atoms with van der Waals surface area (Å²) in [6.45, 7) is 1.27. The maximum Gasteiger partial charge on any atom is 0.272 e. The van der Waals surface area contributed by atoms with Crippen LogP contribution in [0.2, 0.25) is 0 Å². The number of benzene rings is 1. The van der Waals surface area contributed by atoms with E-state index in [-0.39, 0.29) is 17.2 Å². The van der Waals surface area contributed by atoms with E-state index in [0.717, 1.165) is 25.3 Å². The van der Waals surface area contributed by atoms with Crippen molar-refractivity contribution in [3.63, 3.8) is 0 Å². The predicted octanol–water partition coefficient (Wildman–Crippen LogP) is 3.38. The van der Waals surface area contributed by atoms with Crippen molar-refractivity contribution in [1.82, 2.24) is 9.88 Å². The van der Waals surface area contributed by atoms with E-state index >= 15 is 0 Å². The van der Waals surface area contributed by atoms with Crippen LogP contribution in [0.25, 0.3) is 0 Å². The molecule has 1 aliphatic heterocycles. The van der Waals surface area contributed by atoms with Gasteiger partial charge in [0.1, 0.15) is 5.69 Å². The Morgan fingerprint density at radius 3 is 2.46 bits per heavy atom. The lowest BCUT2D eigenvalue weighted by atomic mass is 10.1. The zero-order valence-corrected chi connectivity index (χ0v) is 13.8. The Labute approximate surface area is 147 Å². The molecule has 0 spiro atoms. The molecule has 5 nitrogen and oxygen atoms in total. The summed E-state index contributed by atoms with van der Waals surface area (Å²) in [5.41, 5.74) is -0.329. The van der Waals surface area contributed by atoms with Gasteiger partial charge in [0, 0.05) is 24.8 Å². The van der Waals surface area contributed by atoms with Gasteiger partial charge in [-0.25, -0.2) is 13.2 Å². The van der Waals surface area contributed by atoms with E-state index in [0.29, 0.717) is 19.2 Å². The second kappa shape index (κ2) is 7.55. The van der Waals surface area contributed by atoms with Gasteiger partial charge >= 0.3 is 0 Å². The van der Waals surface area contributed by atoms with Crippen LogP contribution in [-0.4, -0.2) is 34.8 Å². The second-order valence-corrected chi connectivity index (χ2v) is 5.96. The number of aromatic nitrogens is 1. The third-order valence-corrected chi connectivity index (χ3v) is 4.17. The number of rotatable bonds is 3. The Hall–Kier alpha value is -2.90. The Balaban J connectivity index is 1.78. The Morgan fingerprint density at radius 2 is 1.73 bits per heavy atom. The molecule has 0 saturated carbocycles. The quantitative estimate of drug-likeness (QED) is 0.851. The zero-order valence-electron chi connectivity index (χ0n) is 13.8. The van der Waals surface area contributed by atoms with E-state index in [1.807, 2.05) is 0 Å². The van der Waals surface area contributed by atoms with Crippen molar-refractivity contribution in [3.8, 4) is 0 Å². The van der Waals surface area contributed by atoms with E-state index in [4.69, 9.17) is 0 Å². The second-order valence-electron chi connectivity index (χ2n) is 5.96. The van der Waals surface area contributed by atoms with Gasteiger partial charge in [0.2, 0.25) is 0 Å². The van der Waals surface area contributed by atoms with Crippen LogP contribution in [0, 0.1) is 17.5 Å². The van der Waals surface area contributed by atoms with E-state index in [9.17, 15) is 22.8 Å². The number of anilines is 1. The molecule has 136 valence electrons. The lowest BCUT2D eigenvalue weighted by Gasteiger charge is -2.26. The summed E-state index contributed by atoms with van der Waals surface area (Å²) in [6.07, 6.45) is 4.20. The number of amides is 2. The first kappa shape index (κ1) is 17.9. The molecule has 1 aromatic heterocycles. The summed E-state index contributed by atoms with van der Waals surface area (Å²) in [5.74, 6) is -5.54. The zero-order chi connectivity index (χ0) is 18.7. The molecule has 2 amide bonds. The molecular formula is C18H16F3N3O2. The number of carbonyl (C=O) groups is 2. The first-order valence-electron chi connectivity index (χ1n) is 8.17. The van der Waals surface area contributed by atoms with E-state index in [1.54, 1.807) is 4.90 Å². The normalized spacial score (nSPS) is 14.2. The molecule has 0 unspecified atom stereocenters. The molecule has 0 bridgehead atoms. The number of pyridine rings is 1. The van der Waals surface area contributed by atoms with Crippen LogP contribution in [0.3, 0.4) is 0 Å². The van der Waals surface area contributed by atoms with Gasteiger partial charge in [0.05, 0.1) is 5.69 Å². The summed E-state index contributed by atoms with van der Waals surface area (Å²) >= 11 is 0. The fourth-order valence-corrected chi connectivity index (χ4v) is 2.76. The third kappa shape index (κ3) is 3.68. The van der Waals surface area contributed by atoms with Crippen LogP contribution in [0.4, 0.5) is 18.9 Å². The largest absolute Gasteiger partial charge is 0.337 e. The highest BCUT2D eigenvalue weighted by Gasteiger charge is 2.21. The van der Waals surface area contributed by atoms with Crippen molar-refractivity contribution in [2.75, 3.05) is 18.4 Å². The fourth-order valence-electron chi connectivity index (χ4n) is 2.76. The van der Waals surface area contributed by atoms with E-state index in [2.05, 4.69) is 10.3 Å². The first-order chi connectivity index (χ1) is 12.5. The van der Waals surface area contributed by atoms with Gasteiger partial charge < -0.3 is 10.2 Å². The molecule has 1 saturated heterocycles. The maximum absolute atomic E-state index is 13.7. The summed E-state index contributed by atoms with van der Waals surface area (Å²) in [6, 6.07) is 4.28. The van der Waals surface area contributed by atoms with Crippen molar-refractivity contribution in [2.45, 2.75) is 19.3 Å². The molecule has 2 heterocycles. The van der Waals surface area contributed by atoms with Crippen molar-refractivity contribution in [2.24, 2.45) is 0 Å². The van der Waals surface area contributed by atoms with Crippen LogP contribution >= 0.6 is 0 Å². The summed E-state index contributed by atoms with van der Waals surface area (Å²) in [4.78, 5) is 30.4. The van der Waals surface area contributed by atoms with Crippen LogP contribution in [0.1, 0.15) is 40.1 Å². The predicted molar refractivity (Wildman–Crippen MR) is 88.3 cm³/mol. The van der Waals surface area contributed by atoms with Crippen molar-refractivity contribution in [3.05, 3.63) is 59.2 Å².